The monoisotopic (exact) mass is 814 g/mol. The van der Waals surface area contributed by atoms with Crippen LogP contribution < -0.4 is 0 Å². The molecule has 10 N–H and O–H groups in total. The van der Waals surface area contributed by atoms with Crippen molar-refractivity contribution in [2.24, 2.45) is 0 Å². The number of aliphatic hydroxyl groups excluding tert-OH is 10. The summed E-state index contributed by atoms with van der Waals surface area (Å²) in [5, 5.41) is 108. The summed E-state index contributed by atoms with van der Waals surface area (Å²) < 4.78 is 53.7. The van der Waals surface area contributed by atoms with Gasteiger partial charge in [0.25, 0.3) is 0 Å². The Kier molecular flexibility index (Phi) is 15.4. The molecule has 0 radical (unpaired) electrons. The number of benzene rings is 2. The first kappa shape index (κ1) is 44.2. The van der Waals surface area contributed by atoms with Crippen molar-refractivity contribution in [2.45, 2.75) is 150 Å². The van der Waals surface area contributed by atoms with Crippen molar-refractivity contribution in [3.8, 4) is 0 Å². The first-order valence-corrected chi connectivity index (χ1v) is 18.9. The third-order valence-corrected chi connectivity index (χ3v) is 10.7. The zero-order valence-corrected chi connectivity index (χ0v) is 31.3. The highest BCUT2D eigenvalue weighted by molar-refractivity contribution is 5.14. The smallest absolute Gasteiger partial charge is 0.187 e. The van der Waals surface area contributed by atoms with Crippen molar-refractivity contribution < 1.29 is 93.7 Å². The lowest BCUT2D eigenvalue weighted by molar-refractivity contribution is -0.400. The molecule has 0 spiro atoms. The fraction of sp³-hybridized carbons (Fsp3) is 0.684. The van der Waals surface area contributed by atoms with Crippen LogP contribution in [0, 0.1) is 0 Å². The van der Waals surface area contributed by atoms with Crippen LogP contribution in [0.5, 0.6) is 0 Å². The summed E-state index contributed by atoms with van der Waals surface area (Å²) in [5.41, 5.74) is 1.43. The van der Waals surface area contributed by atoms with E-state index in [-0.39, 0.29) is 13.2 Å². The molecule has 4 saturated heterocycles. The predicted molar refractivity (Wildman–Crippen MR) is 189 cm³/mol. The molecule has 57 heavy (non-hydrogen) atoms. The van der Waals surface area contributed by atoms with Crippen LogP contribution in [0.2, 0.25) is 0 Å². The molecule has 0 bridgehead atoms. The molecule has 8 unspecified atom stereocenters. The Bertz CT molecular complexity index is 1500. The van der Waals surface area contributed by atoms with E-state index in [9.17, 15) is 51.1 Å². The van der Waals surface area contributed by atoms with Gasteiger partial charge in [-0.2, -0.15) is 0 Å². The van der Waals surface area contributed by atoms with E-state index in [1.165, 1.54) is 13.8 Å². The summed E-state index contributed by atoms with van der Waals surface area (Å²) in [4.78, 5) is 0. The van der Waals surface area contributed by atoms with E-state index in [0.717, 1.165) is 0 Å². The van der Waals surface area contributed by atoms with E-state index in [1.54, 1.807) is 60.7 Å². The molecule has 19 nitrogen and oxygen atoms in total. The second-order valence-electron chi connectivity index (χ2n) is 14.7. The molecule has 20 atom stereocenters. The molecule has 0 aromatic heterocycles. The lowest BCUT2D eigenvalue weighted by atomic mass is 9.95. The number of rotatable bonds is 14. The molecule has 4 heterocycles. The normalized spacial score (nSPS) is 44.1. The molecule has 4 aliphatic rings. The van der Waals surface area contributed by atoms with Crippen molar-refractivity contribution in [1.82, 2.24) is 0 Å². The van der Waals surface area contributed by atoms with Crippen molar-refractivity contribution in [1.29, 1.82) is 0 Å². The highest BCUT2D eigenvalue weighted by Crippen LogP contribution is 2.36. The van der Waals surface area contributed by atoms with Crippen LogP contribution in [0.1, 0.15) is 25.0 Å². The van der Waals surface area contributed by atoms with Crippen LogP contribution in [0.25, 0.3) is 0 Å². The molecule has 2 aromatic carbocycles. The lowest BCUT2D eigenvalue weighted by Crippen LogP contribution is -2.68. The van der Waals surface area contributed by atoms with Gasteiger partial charge in [-0.15, -0.1) is 0 Å². The van der Waals surface area contributed by atoms with Gasteiger partial charge in [0, 0.05) is 0 Å². The largest absolute Gasteiger partial charge is 0.394 e. The summed E-state index contributed by atoms with van der Waals surface area (Å²) >= 11 is 0. The Morgan fingerprint density at radius 2 is 0.860 bits per heavy atom. The second-order valence-corrected chi connectivity index (χ2v) is 14.7. The third kappa shape index (κ3) is 10.0. The topological polar surface area (TPSA) is 285 Å². The van der Waals surface area contributed by atoms with E-state index in [1.807, 2.05) is 0 Å². The third-order valence-electron chi connectivity index (χ3n) is 10.7. The molecule has 320 valence electrons. The first-order valence-electron chi connectivity index (χ1n) is 18.9. The summed E-state index contributed by atoms with van der Waals surface area (Å²) in [5.74, 6) is 0. The highest BCUT2D eigenvalue weighted by Gasteiger charge is 2.56. The van der Waals surface area contributed by atoms with Gasteiger partial charge in [0.1, 0.15) is 85.5 Å². The number of hydrogen-bond donors (Lipinski definition) is 10. The lowest BCUT2D eigenvalue weighted by Gasteiger charge is -2.50. The van der Waals surface area contributed by atoms with E-state index in [0.29, 0.717) is 11.1 Å². The fourth-order valence-corrected chi connectivity index (χ4v) is 7.26. The molecule has 4 aliphatic heterocycles. The van der Waals surface area contributed by atoms with Gasteiger partial charge in [0.05, 0.1) is 38.6 Å². The van der Waals surface area contributed by atoms with Crippen molar-refractivity contribution in [2.75, 3.05) is 13.2 Å². The Hall–Kier alpha value is -2.32. The van der Waals surface area contributed by atoms with E-state index in [4.69, 9.17) is 42.6 Å². The molecule has 19 heteroatoms. The zero-order chi connectivity index (χ0) is 41.0. The van der Waals surface area contributed by atoms with E-state index >= 15 is 0 Å². The minimum atomic E-state index is -1.95. The Balaban J connectivity index is 1.27. The summed E-state index contributed by atoms with van der Waals surface area (Å²) in [6.45, 7) is 1.20. The minimum absolute atomic E-state index is 0.0492. The number of hydrogen-bond acceptors (Lipinski definition) is 19. The van der Waals surface area contributed by atoms with E-state index < -0.39 is 136 Å². The van der Waals surface area contributed by atoms with Crippen LogP contribution in [0.15, 0.2) is 60.7 Å². The Labute approximate surface area is 328 Å². The standard InChI is InChI=1S/C38H54O19/c1-17-23(41)26(44)32(49-15-19-9-5-3-6-10-19)36(51-17)56-31-29(47)35(48)53-22(14-40)30(31)55-38-34(28(46)25(43)21(13-39)54-38)57-37-33(27(45)24(42)18(2)52-37)50-16-20-11-7-4-8-12-20/h3-12,17-18,21-48H,13-16H2,1-2H3/t17?,18-,21-,22?,23+,24+,25-,26-,27?,28?,29?,30+,31+,32?,33?,34?,35+,36-,37-,38-/m0/s1. The Morgan fingerprint density at radius 3 is 1.33 bits per heavy atom. The van der Waals surface area contributed by atoms with Gasteiger partial charge in [-0.3, -0.25) is 0 Å². The molecular formula is C38H54O19. The fourth-order valence-electron chi connectivity index (χ4n) is 7.26. The number of aliphatic hydroxyl groups is 10. The molecule has 4 fully saturated rings. The number of ether oxygens (including phenoxy) is 9. The molecule has 0 saturated carbocycles. The molecular weight excluding hydrogens is 760 g/mol. The zero-order valence-electron chi connectivity index (χ0n) is 31.3. The second kappa shape index (κ2) is 19.8. The van der Waals surface area contributed by atoms with Crippen LogP contribution >= 0.6 is 0 Å². The summed E-state index contributed by atoms with van der Waals surface area (Å²) in [6, 6.07) is 17.8. The van der Waals surface area contributed by atoms with Gasteiger partial charge in [0.15, 0.2) is 25.2 Å². The van der Waals surface area contributed by atoms with Gasteiger partial charge in [0.2, 0.25) is 0 Å². The summed E-state index contributed by atoms with van der Waals surface area (Å²) in [6.07, 6.45) is -31.0. The van der Waals surface area contributed by atoms with Crippen molar-refractivity contribution >= 4 is 0 Å². The van der Waals surface area contributed by atoms with Crippen molar-refractivity contribution in [3.05, 3.63) is 71.8 Å². The highest BCUT2D eigenvalue weighted by atomic mass is 16.8. The SMILES string of the molecule is CC1O[C@@H](O[C@@H]2C(O)[C@H](O)OC(CO)[C@H]2O[C@@H]2O[C@@H](CO)[C@H](O)C(O)C2O[C@@H]2O[C@@H](C)[C@@H](O)C(O)C2OCc2ccccc2)C(OCc2ccccc2)[C@@H](O)[C@@H]1O. The average Bonchev–Trinajstić information content (AvgIpc) is 3.21. The van der Waals surface area contributed by atoms with Crippen LogP contribution in [-0.4, -0.2) is 187 Å². The first-order chi connectivity index (χ1) is 27.3. The van der Waals surface area contributed by atoms with Crippen LogP contribution in [0.3, 0.4) is 0 Å². The molecule has 0 aliphatic carbocycles. The quantitative estimate of drug-likeness (QED) is 0.0897. The van der Waals surface area contributed by atoms with Crippen LogP contribution in [0.4, 0.5) is 0 Å². The van der Waals surface area contributed by atoms with Gasteiger partial charge < -0.3 is 93.7 Å². The maximum absolute atomic E-state index is 11.4. The van der Waals surface area contributed by atoms with Gasteiger partial charge in [-0.25, -0.2) is 0 Å². The average molecular weight is 815 g/mol. The minimum Gasteiger partial charge on any atom is -0.394 e. The maximum Gasteiger partial charge on any atom is 0.187 e. The maximum atomic E-state index is 11.4. The molecule has 2 aromatic rings. The van der Waals surface area contributed by atoms with E-state index in [2.05, 4.69) is 0 Å². The molecule has 0 amide bonds. The van der Waals surface area contributed by atoms with Gasteiger partial charge in [-0.1, -0.05) is 60.7 Å². The van der Waals surface area contributed by atoms with Gasteiger partial charge in [-0.05, 0) is 25.0 Å². The Morgan fingerprint density at radius 1 is 0.439 bits per heavy atom. The van der Waals surface area contributed by atoms with Gasteiger partial charge >= 0.3 is 0 Å². The van der Waals surface area contributed by atoms with Crippen LogP contribution in [-0.2, 0) is 55.8 Å². The summed E-state index contributed by atoms with van der Waals surface area (Å²) in [7, 11) is 0. The molecule has 6 rings (SSSR count). The predicted octanol–water partition coefficient (Wildman–Crippen LogP) is -3.24. The van der Waals surface area contributed by atoms with Crippen molar-refractivity contribution in [3.63, 3.8) is 0 Å².